The molecule has 0 aromatic carbocycles. The number of aromatic nitrogens is 4. The molecular weight excluding hydrogens is 238 g/mol. The molecule has 0 bridgehead atoms. The number of anilines is 1. The molecule has 2 heterocycles. The summed E-state index contributed by atoms with van der Waals surface area (Å²) in [6, 6.07) is 0. The lowest BCUT2D eigenvalue weighted by atomic mass is 10.3. The number of imidazole rings is 2. The van der Waals surface area contributed by atoms with Crippen molar-refractivity contribution in [2.24, 2.45) is 0 Å². The minimum absolute atomic E-state index is 0.970. The molecule has 0 unspecified atom stereocenters. The maximum atomic E-state index is 4.35. The Balaban J connectivity index is 1.63. The first-order valence-electron chi connectivity index (χ1n) is 7.11. The van der Waals surface area contributed by atoms with Crippen molar-refractivity contribution in [1.82, 2.24) is 19.1 Å². The summed E-state index contributed by atoms with van der Waals surface area (Å²) in [5, 5.41) is 3.41. The predicted molar refractivity (Wildman–Crippen MR) is 77.1 cm³/mol. The Labute approximate surface area is 114 Å². The van der Waals surface area contributed by atoms with Crippen molar-refractivity contribution in [3.63, 3.8) is 0 Å². The number of nitrogens with zero attached hydrogens (tertiary/aromatic N) is 4. The molecule has 5 nitrogen and oxygen atoms in total. The molecule has 1 N–H and O–H groups in total. The average Bonchev–Trinajstić information content (AvgIpc) is 3.07. The lowest BCUT2D eigenvalue weighted by molar-refractivity contribution is 0.612. The molecule has 0 spiro atoms. The molecule has 2 aromatic heterocycles. The Morgan fingerprint density at radius 3 is 2.84 bits per heavy atom. The molecule has 0 radical (unpaired) electrons. The first-order valence-corrected chi connectivity index (χ1v) is 7.11. The number of rotatable bonds is 9. The van der Waals surface area contributed by atoms with Crippen molar-refractivity contribution in [2.75, 3.05) is 11.9 Å². The van der Waals surface area contributed by atoms with Crippen molar-refractivity contribution in [3.05, 3.63) is 31.1 Å². The third-order valence-corrected chi connectivity index (χ3v) is 3.15. The molecule has 0 aliphatic carbocycles. The quantitative estimate of drug-likeness (QED) is 0.706. The second-order valence-electron chi connectivity index (χ2n) is 4.73. The zero-order chi connectivity index (χ0) is 13.3. The molecule has 19 heavy (non-hydrogen) atoms. The number of aryl methyl sites for hydroxylation is 2. The van der Waals surface area contributed by atoms with Crippen LogP contribution in [0.3, 0.4) is 0 Å². The van der Waals surface area contributed by atoms with Crippen LogP contribution in [0.15, 0.2) is 31.1 Å². The third-order valence-electron chi connectivity index (χ3n) is 3.15. The molecule has 0 saturated carbocycles. The van der Waals surface area contributed by atoms with Crippen LogP contribution in [0.5, 0.6) is 0 Å². The molecule has 5 heteroatoms. The predicted octanol–water partition coefficient (Wildman–Crippen LogP) is 2.77. The number of nitrogens with one attached hydrogen (secondary N) is 1. The smallest absolute Gasteiger partial charge is 0.202 e. The average molecular weight is 261 g/mol. The van der Waals surface area contributed by atoms with Crippen LogP contribution in [-0.4, -0.2) is 25.6 Å². The summed E-state index contributed by atoms with van der Waals surface area (Å²) >= 11 is 0. The Morgan fingerprint density at radius 1 is 1.11 bits per heavy atom. The first-order chi connectivity index (χ1) is 9.40. The van der Waals surface area contributed by atoms with Crippen LogP contribution in [0.4, 0.5) is 5.95 Å². The molecule has 0 amide bonds. The first kappa shape index (κ1) is 13.6. The van der Waals surface area contributed by atoms with Crippen molar-refractivity contribution >= 4 is 5.95 Å². The van der Waals surface area contributed by atoms with Crippen LogP contribution in [0.2, 0.25) is 0 Å². The summed E-state index contributed by atoms with van der Waals surface area (Å²) in [5.74, 6) is 0.996. The summed E-state index contributed by atoms with van der Waals surface area (Å²) < 4.78 is 4.31. The van der Waals surface area contributed by atoms with E-state index in [2.05, 4.69) is 31.3 Å². The van der Waals surface area contributed by atoms with Gasteiger partial charge in [-0.3, -0.25) is 0 Å². The van der Waals surface area contributed by atoms with E-state index in [-0.39, 0.29) is 0 Å². The number of unbranched alkanes of at least 4 members (excludes halogenated alkanes) is 2. The highest BCUT2D eigenvalue weighted by Crippen LogP contribution is 2.07. The zero-order valence-corrected chi connectivity index (χ0v) is 11.6. The molecule has 0 atom stereocenters. The molecule has 2 rings (SSSR count). The summed E-state index contributed by atoms with van der Waals surface area (Å²) in [6.07, 6.45) is 14.3. The third kappa shape index (κ3) is 4.43. The fourth-order valence-electron chi connectivity index (χ4n) is 2.02. The van der Waals surface area contributed by atoms with Gasteiger partial charge in [0.1, 0.15) is 0 Å². The number of hydrogen-bond acceptors (Lipinski definition) is 3. The Morgan fingerprint density at radius 2 is 2.05 bits per heavy atom. The largest absolute Gasteiger partial charge is 0.356 e. The van der Waals surface area contributed by atoms with Crippen LogP contribution in [-0.2, 0) is 13.1 Å². The molecule has 0 aliphatic rings. The fraction of sp³-hybridized carbons (Fsp3) is 0.571. The maximum Gasteiger partial charge on any atom is 0.202 e. The second kappa shape index (κ2) is 7.61. The van der Waals surface area contributed by atoms with Crippen molar-refractivity contribution in [1.29, 1.82) is 0 Å². The van der Waals surface area contributed by atoms with Gasteiger partial charge >= 0.3 is 0 Å². The lowest BCUT2D eigenvalue weighted by Crippen LogP contribution is -2.09. The second-order valence-corrected chi connectivity index (χ2v) is 4.73. The summed E-state index contributed by atoms with van der Waals surface area (Å²) in [5.41, 5.74) is 0. The van der Waals surface area contributed by atoms with Crippen LogP contribution in [0.1, 0.15) is 32.6 Å². The standard InChI is InChI=1S/C14H23N5/c1-2-3-10-19-12-8-17-14(19)16-6-4-5-9-18-11-7-15-13-18/h7-8,11-13H,2-6,9-10H2,1H3,(H,16,17). The summed E-state index contributed by atoms with van der Waals surface area (Å²) in [6.45, 7) is 5.26. The fourth-order valence-corrected chi connectivity index (χ4v) is 2.02. The highest BCUT2D eigenvalue weighted by molar-refractivity contribution is 5.25. The van der Waals surface area contributed by atoms with E-state index < -0.39 is 0 Å². The minimum Gasteiger partial charge on any atom is -0.356 e. The SMILES string of the molecule is CCCCn1ccnc1NCCCCn1ccnc1. The van der Waals surface area contributed by atoms with Gasteiger partial charge in [-0.1, -0.05) is 13.3 Å². The summed E-state index contributed by atoms with van der Waals surface area (Å²) in [4.78, 5) is 8.39. The van der Waals surface area contributed by atoms with E-state index in [1.54, 1.807) is 0 Å². The highest BCUT2D eigenvalue weighted by Gasteiger charge is 2.00. The van der Waals surface area contributed by atoms with Crippen molar-refractivity contribution < 1.29 is 0 Å². The van der Waals surface area contributed by atoms with E-state index in [0.717, 1.165) is 38.4 Å². The van der Waals surface area contributed by atoms with Crippen LogP contribution >= 0.6 is 0 Å². The van der Waals surface area contributed by atoms with E-state index >= 15 is 0 Å². The van der Waals surface area contributed by atoms with Gasteiger partial charge in [-0.05, 0) is 19.3 Å². The molecule has 2 aromatic rings. The van der Waals surface area contributed by atoms with E-state index in [4.69, 9.17) is 0 Å². The van der Waals surface area contributed by atoms with Gasteiger partial charge < -0.3 is 14.5 Å². The monoisotopic (exact) mass is 261 g/mol. The van der Waals surface area contributed by atoms with E-state index in [9.17, 15) is 0 Å². The van der Waals surface area contributed by atoms with Gasteiger partial charge in [0.15, 0.2) is 0 Å². The highest BCUT2D eigenvalue weighted by atomic mass is 15.2. The molecule has 104 valence electrons. The van der Waals surface area contributed by atoms with Gasteiger partial charge in [0, 0.05) is 44.4 Å². The number of hydrogen-bond donors (Lipinski definition) is 1. The lowest BCUT2D eigenvalue weighted by Gasteiger charge is -2.09. The van der Waals surface area contributed by atoms with E-state index in [0.29, 0.717) is 0 Å². The Hall–Kier alpha value is -1.78. The van der Waals surface area contributed by atoms with Crippen LogP contribution in [0, 0.1) is 0 Å². The molecular formula is C14H23N5. The zero-order valence-electron chi connectivity index (χ0n) is 11.6. The van der Waals surface area contributed by atoms with Crippen molar-refractivity contribution in [2.45, 2.75) is 45.7 Å². The molecule has 0 saturated heterocycles. The normalized spacial score (nSPS) is 10.8. The van der Waals surface area contributed by atoms with Gasteiger partial charge in [-0.2, -0.15) is 0 Å². The van der Waals surface area contributed by atoms with Gasteiger partial charge in [0.05, 0.1) is 6.33 Å². The maximum absolute atomic E-state index is 4.35. The molecule has 0 aliphatic heterocycles. The molecule has 0 fully saturated rings. The summed E-state index contributed by atoms with van der Waals surface area (Å²) in [7, 11) is 0. The van der Waals surface area contributed by atoms with E-state index in [1.807, 2.05) is 31.1 Å². The van der Waals surface area contributed by atoms with Gasteiger partial charge in [0.2, 0.25) is 5.95 Å². The van der Waals surface area contributed by atoms with Crippen LogP contribution < -0.4 is 5.32 Å². The minimum atomic E-state index is 0.970. The van der Waals surface area contributed by atoms with Gasteiger partial charge in [0.25, 0.3) is 0 Å². The Bertz CT molecular complexity index is 446. The topological polar surface area (TPSA) is 47.7 Å². The van der Waals surface area contributed by atoms with E-state index in [1.165, 1.54) is 12.8 Å². The van der Waals surface area contributed by atoms with Crippen LogP contribution in [0.25, 0.3) is 0 Å². The van der Waals surface area contributed by atoms with Gasteiger partial charge in [-0.15, -0.1) is 0 Å². The van der Waals surface area contributed by atoms with Gasteiger partial charge in [-0.25, -0.2) is 9.97 Å². The van der Waals surface area contributed by atoms with Crippen molar-refractivity contribution in [3.8, 4) is 0 Å². The Kier molecular flexibility index (Phi) is 5.47.